The van der Waals surface area contributed by atoms with Gasteiger partial charge in [-0.3, -0.25) is 4.79 Å². The lowest BCUT2D eigenvalue weighted by Crippen LogP contribution is -2.12. The standard InChI is InChI=1S/C23H18N2O2S/c26-23(20-12-7-15-28-20)25-19-13-14-21(24-16-19)27-22(17-8-3-1-4-9-17)18-10-5-2-6-11-18/h1-16,22H,(H,25,26). The molecule has 0 aliphatic carbocycles. The van der Waals surface area contributed by atoms with Crippen molar-refractivity contribution in [1.29, 1.82) is 0 Å². The van der Waals surface area contributed by atoms with Gasteiger partial charge in [0.05, 0.1) is 16.8 Å². The van der Waals surface area contributed by atoms with Crippen molar-refractivity contribution < 1.29 is 9.53 Å². The van der Waals surface area contributed by atoms with E-state index in [9.17, 15) is 4.79 Å². The van der Waals surface area contributed by atoms with Crippen molar-refractivity contribution in [1.82, 2.24) is 4.98 Å². The second-order valence-corrected chi connectivity index (χ2v) is 7.08. The second-order valence-electron chi connectivity index (χ2n) is 6.14. The number of thiophene rings is 1. The molecule has 4 aromatic rings. The van der Waals surface area contributed by atoms with Gasteiger partial charge in [-0.15, -0.1) is 11.3 Å². The summed E-state index contributed by atoms with van der Waals surface area (Å²) in [6, 6.07) is 27.3. The zero-order valence-corrected chi connectivity index (χ0v) is 15.8. The highest BCUT2D eigenvalue weighted by atomic mass is 32.1. The molecule has 0 bridgehead atoms. The summed E-state index contributed by atoms with van der Waals surface area (Å²) in [5.74, 6) is 0.351. The van der Waals surface area contributed by atoms with Crippen molar-refractivity contribution in [2.45, 2.75) is 6.10 Å². The van der Waals surface area contributed by atoms with Crippen molar-refractivity contribution in [3.63, 3.8) is 0 Å². The summed E-state index contributed by atoms with van der Waals surface area (Å²) in [5, 5.41) is 4.71. The molecule has 0 atom stereocenters. The molecule has 0 saturated carbocycles. The molecule has 1 amide bonds. The SMILES string of the molecule is O=C(Nc1ccc(OC(c2ccccc2)c2ccccc2)nc1)c1cccs1. The van der Waals surface area contributed by atoms with Crippen LogP contribution in [0.4, 0.5) is 5.69 Å². The maximum atomic E-state index is 12.1. The summed E-state index contributed by atoms with van der Waals surface area (Å²) in [6.45, 7) is 0. The van der Waals surface area contributed by atoms with Gasteiger partial charge >= 0.3 is 0 Å². The molecule has 0 saturated heterocycles. The van der Waals surface area contributed by atoms with Gasteiger partial charge in [-0.05, 0) is 28.6 Å². The van der Waals surface area contributed by atoms with E-state index in [0.717, 1.165) is 11.1 Å². The van der Waals surface area contributed by atoms with E-state index in [-0.39, 0.29) is 12.0 Å². The number of rotatable bonds is 6. The number of aromatic nitrogens is 1. The summed E-state index contributed by atoms with van der Waals surface area (Å²) >= 11 is 1.40. The number of nitrogens with one attached hydrogen (secondary N) is 1. The molecule has 0 radical (unpaired) electrons. The maximum absolute atomic E-state index is 12.1. The van der Waals surface area contributed by atoms with Crippen molar-refractivity contribution in [3.8, 4) is 5.88 Å². The van der Waals surface area contributed by atoms with E-state index in [4.69, 9.17) is 4.74 Å². The molecule has 0 fully saturated rings. The largest absolute Gasteiger partial charge is 0.465 e. The molecule has 4 nitrogen and oxygen atoms in total. The molecule has 4 rings (SSSR count). The Kier molecular flexibility index (Phi) is 5.45. The average Bonchev–Trinajstić information content (AvgIpc) is 3.30. The fraction of sp³-hybridized carbons (Fsp3) is 0.0435. The summed E-state index contributed by atoms with van der Waals surface area (Å²) in [6.07, 6.45) is 1.34. The Labute approximate surface area is 167 Å². The highest BCUT2D eigenvalue weighted by Gasteiger charge is 2.16. The Balaban J connectivity index is 1.52. The molecule has 5 heteroatoms. The van der Waals surface area contributed by atoms with Crippen LogP contribution in [0.15, 0.2) is 96.5 Å². The van der Waals surface area contributed by atoms with Gasteiger partial charge in [0, 0.05) is 6.07 Å². The second kappa shape index (κ2) is 8.50. The molecule has 2 aromatic heterocycles. The van der Waals surface area contributed by atoms with Crippen molar-refractivity contribution in [3.05, 3.63) is 113 Å². The molecule has 0 aliphatic rings. The normalized spacial score (nSPS) is 10.6. The Bertz CT molecular complexity index is 978. The molecule has 28 heavy (non-hydrogen) atoms. The monoisotopic (exact) mass is 386 g/mol. The lowest BCUT2D eigenvalue weighted by Gasteiger charge is -2.19. The number of anilines is 1. The number of carbonyl (C=O) groups is 1. The molecule has 0 spiro atoms. The van der Waals surface area contributed by atoms with E-state index in [1.165, 1.54) is 11.3 Å². The molecule has 138 valence electrons. The number of carbonyl (C=O) groups excluding carboxylic acids is 1. The van der Waals surface area contributed by atoms with Gasteiger partial charge in [-0.1, -0.05) is 66.7 Å². The Morgan fingerprint density at radius 2 is 1.54 bits per heavy atom. The van der Waals surface area contributed by atoms with Gasteiger partial charge in [0.2, 0.25) is 5.88 Å². The average molecular weight is 386 g/mol. The minimum Gasteiger partial charge on any atom is -0.465 e. The fourth-order valence-electron chi connectivity index (χ4n) is 2.83. The number of benzene rings is 2. The maximum Gasteiger partial charge on any atom is 0.265 e. The molecule has 2 heterocycles. The van der Waals surface area contributed by atoms with Gasteiger partial charge in [-0.2, -0.15) is 0 Å². The van der Waals surface area contributed by atoms with Crippen LogP contribution < -0.4 is 10.1 Å². The summed E-state index contributed by atoms with van der Waals surface area (Å²) in [5.41, 5.74) is 2.72. The zero-order chi connectivity index (χ0) is 19.2. The first-order chi connectivity index (χ1) is 13.8. The van der Waals surface area contributed by atoms with Crippen molar-refractivity contribution >= 4 is 22.9 Å². The first-order valence-electron chi connectivity index (χ1n) is 8.87. The molecule has 2 aromatic carbocycles. The van der Waals surface area contributed by atoms with E-state index in [0.29, 0.717) is 16.4 Å². The minimum atomic E-state index is -0.263. The quantitative estimate of drug-likeness (QED) is 0.472. The number of nitrogens with zero attached hydrogens (tertiary/aromatic N) is 1. The van der Waals surface area contributed by atoms with Gasteiger partial charge in [0.25, 0.3) is 5.91 Å². The van der Waals surface area contributed by atoms with E-state index in [1.54, 1.807) is 24.4 Å². The first kappa shape index (κ1) is 17.9. The van der Waals surface area contributed by atoms with E-state index in [2.05, 4.69) is 10.3 Å². The van der Waals surface area contributed by atoms with Gasteiger partial charge in [0.15, 0.2) is 6.10 Å². The van der Waals surface area contributed by atoms with Gasteiger partial charge < -0.3 is 10.1 Å². The molecular formula is C23H18N2O2S. The highest BCUT2D eigenvalue weighted by Crippen LogP contribution is 2.27. The van der Waals surface area contributed by atoms with E-state index >= 15 is 0 Å². The lowest BCUT2D eigenvalue weighted by molar-refractivity contribution is 0.103. The highest BCUT2D eigenvalue weighted by molar-refractivity contribution is 7.12. The van der Waals surface area contributed by atoms with E-state index in [1.807, 2.05) is 72.1 Å². The molecule has 0 aliphatic heterocycles. The lowest BCUT2D eigenvalue weighted by atomic mass is 10.0. The third-order valence-electron chi connectivity index (χ3n) is 4.18. The number of ether oxygens (including phenoxy) is 1. The van der Waals surface area contributed by atoms with Crippen LogP contribution in [-0.2, 0) is 0 Å². The fourth-order valence-corrected chi connectivity index (χ4v) is 3.45. The first-order valence-corrected chi connectivity index (χ1v) is 9.75. The smallest absolute Gasteiger partial charge is 0.265 e. The third-order valence-corrected chi connectivity index (χ3v) is 5.05. The van der Waals surface area contributed by atoms with Crippen LogP contribution in [0.25, 0.3) is 0 Å². The topological polar surface area (TPSA) is 51.2 Å². The van der Waals surface area contributed by atoms with Crippen LogP contribution in [0.3, 0.4) is 0 Å². The van der Waals surface area contributed by atoms with Crippen LogP contribution in [0, 0.1) is 0 Å². The van der Waals surface area contributed by atoms with Crippen molar-refractivity contribution in [2.75, 3.05) is 5.32 Å². The number of pyridine rings is 1. The molecule has 1 N–H and O–H groups in total. The number of amides is 1. The molecular weight excluding hydrogens is 368 g/mol. The van der Waals surface area contributed by atoms with Gasteiger partial charge in [-0.25, -0.2) is 4.98 Å². The Morgan fingerprint density at radius 1 is 0.857 bits per heavy atom. The number of hydrogen-bond donors (Lipinski definition) is 1. The van der Waals surface area contributed by atoms with Gasteiger partial charge in [0.1, 0.15) is 0 Å². The summed E-state index contributed by atoms with van der Waals surface area (Å²) in [4.78, 5) is 17.2. The predicted octanol–water partition coefficient (Wildman–Crippen LogP) is 5.56. The summed E-state index contributed by atoms with van der Waals surface area (Å²) < 4.78 is 6.20. The number of hydrogen-bond acceptors (Lipinski definition) is 4. The Hall–Kier alpha value is -3.44. The Morgan fingerprint density at radius 3 is 2.07 bits per heavy atom. The third kappa shape index (κ3) is 4.27. The van der Waals surface area contributed by atoms with Crippen LogP contribution >= 0.6 is 11.3 Å². The van der Waals surface area contributed by atoms with Crippen LogP contribution in [0.1, 0.15) is 26.9 Å². The van der Waals surface area contributed by atoms with Crippen LogP contribution in [0.5, 0.6) is 5.88 Å². The predicted molar refractivity (Wildman–Crippen MR) is 112 cm³/mol. The van der Waals surface area contributed by atoms with Crippen molar-refractivity contribution in [2.24, 2.45) is 0 Å². The van der Waals surface area contributed by atoms with Crippen LogP contribution in [-0.4, -0.2) is 10.9 Å². The van der Waals surface area contributed by atoms with Crippen LogP contribution in [0.2, 0.25) is 0 Å². The van der Waals surface area contributed by atoms with E-state index < -0.39 is 0 Å². The molecule has 0 unspecified atom stereocenters. The minimum absolute atomic E-state index is 0.142. The summed E-state index contributed by atoms with van der Waals surface area (Å²) in [7, 11) is 0. The zero-order valence-electron chi connectivity index (χ0n) is 15.0.